The molecule has 20 heavy (non-hydrogen) atoms. The molecule has 3 heteroatoms. The Hall–Kier alpha value is -1.16. The Morgan fingerprint density at radius 3 is 2.80 bits per heavy atom. The van der Waals surface area contributed by atoms with E-state index in [4.69, 9.17) is 4.74 Å². The lowest BCUT2D eigenvalue weighted by molar-refractivity contribution is 0.0973. The van der Waals surface area contributed by atoms with E-state index in [0.29, 0.717) is 18.2 Å². The van der Waals surface area contributed by atoms with Gasteiger partial charge >= 0.3 is 0 Å². The van der Waals surface area contributed by atoms with Crippen LogP contribution in [0.25, 0.3) is 11.1 Å². The summed E-state index contributed by atoms with van der Waals surface area (Å²) in [5.74, 6) is 0. The maximum Gasteiger partial charge on any atom is 0.0733 e. The van der Waals surface area contributed by atoms with Crippen molar-refractivity contribution in [2.75, 3.05) is 0 Å². The Bertz CT molecular complexity index is 580. The zero-order valence-corrected chi connectivity index (χ0v) is 12.2. The lowest BCUT2D eigenvalue weighted by atomic mass is 9.95. The third kappa shape index (κ3) is 2.41. The second-order valence-corrected chi connectivity index (χ2v) is 6.76. The van der Waals surface area contributed by atoms with Gasteiger partial charge in [0.05, 0.1) is 12.2 Å². The van der Waals surface area contributed by atoms with Crippen LogP contribution in [0.15, 0.2) is 41.8 Å². The van der Waals surface area contributed by atoms with Gasteiger partial charge in [-0.05, 0) is 41.8 Å². The van der Waals surface area contributed by atoms with Crippen LogP contribution in [0.4, 0.5) is 0 Å². The number of hydrogen-bond donors (Lipinski definition) is 1. The first-order valence-electron chi connectivity index (χ1n) is 7.40. The van der Waals surface area contributed by atoms with Crippen molar-refractivity contribution in [2.24, 2.45) is 0 Å². The van der Waals surface area contributed by atoms with Crippen molar-refractivity contribution in [3.63, 3.8) is 0 Å². The fourth-order valence-electron chi connectivity index (χ4n) is 3.34. The van der Waals surface area contributed by atoms with Crippen molar-refractivity contribution in [3.8, 4) is 11.1 Å². The van der Waals surface area contributed by atoms with Gasteiger partial charge in [-0.15, -0.1) is 11.3 Å². The highest BCUT2D eigenvalue weighted by molar-refractivity contribution is 7.10. The highest BCUT2D eigenvalue weighted by Gasteiger charge is 2.40. The maximum atomic E-state index is 5.89. The molecule has 0 amide bonds. The molecule has 0 saturated carbocycles. The SMILES string of the molecule is c1ccc(-c2csc(CNC3CC4CCC3O4)c2)cc1. The minimum atomic E-state index is 0.466. The van der Waals surface area contributed by atoms with Crippen LogP contribution in [0.2, 0.25) is 0 Å². The minimum absolute atomic E-state index is 0.466. The zero-order chi connectivity index (χ0) is 13.4. The molecule has 0 spiro atoms. The van der Waals surface area contributed by atoms with Crippen LogP contribution < -0.4 is 5.32 Å². The molecule has 2 fully saturated rings. The van der Waals surface area contributed by atoms with E-state index in [0.717, 1.165) is 6.54 Å². The highest BCUT2D eigenvalue weighted by Crippen LogP contribution is 2.34. The Balaban J connectivity index is 1.39. The molecule has 3 atom stereocenters. The first-order valence-corrected chi connectivity index (χ1v) is 8.28. The molecule has 2 nitrogen and oxygen atoms in total. The summed E-state index contributed by atoms with van der Waals surface area (Å²) in [7, 11) is 0. The second-order valence-electron chi connectivity index (χ2n) is 5.76. The van der Waals surface area contributed by atoms with Gasteiger partial charge in [0.15, 0.2) is 0 Å². The van der Waals surface area contributed by atoms with Crippen LogP contribution in [-0.2, 0) is 11.3 Å². The van der Waals surface area contributed by atoms with E-state index in [9.17, 15) is 0 Å². The molecule has 3 heterocycles. The van der Waals surface area contributed by atoms with E-state index >= 15 is 0 Å². The number of fused-ring (bicyclic) bond motifs is 2. The fourth-order valence-corrected chi connectivity index (χ4v) is 4.18. The van der Waals surface area contributed by atoms with Gasteiger partial charge in [-0.3, -0.25) is 0 Å². The number of nitrogens with one attached hydrogen (secondary N) is 1. The summed E-state index contributed by atoms with van der Waals surface area (Å²) in [6.07, 6.45) is 4.69. The van der Waals surface area contributed by atoms with E-state index < -0.39 is 0 Å². The average molecular weight is 285 g/mol. The van der Waals surface area contributed by atoms with E-state index in [1.54, 1.807) is 0 Å². The molecule has 3 unspecified atom stereocenters. The van der Waals surface area contributed by atoms with Crippen LogP contribution >= 0.6 is 11.3 Å². The van der Waals surface area contributed by atoms with Crippen molar-refractivity contribution >= 4 is 11.3 Å². The normalized spacial score (nSPS) is 28.1. The number of thiophene rings is 1. The lowest BCUT2D eigenvalue weighted by Crippen LogP contribution is -2.36. The standard InChI is InChI=1S/C17H19NOS/c1-2-4-12(5-3-1)13-8-15(20-11-13)10-18-16-9-14-6-7-17(16)19-14/h1-5,8,11,14,16-18H,6-7,9-10H2. The first kappa shape index (κ1) is 12.6. The summed E-state index contributed by atoms with van der Waals surface area (Å²) in [6.45, 7) is 0.967. The van der Waals surface area contributed by atoms with Crippen molar-refractivity contribution in [1.29, 1.82) is 0 Å². The van der Waals surface area contributed by atoms with Gasteiger partial charge in [-0.1, -0.05) is 30.3 Å². The quantitative estimate of drug-likeness (QED) is 0.922. The molecule has 1 N–H and O–H groups in total. The Morgan fingerprint density at radius 1 is 1.15 bits per heavy atom. The third-order valence-electron chi connectivity index (χ3n) is 4.41. The Kier molecular flexibility index (Phi) is 3.34. The number of benzene rings is 1. The number of hydrogen-bond acceptors (Lipinski definition) is 3. The average Bonchev–Trinajstić information content (AvgIpc) is 3.22. The van der Waals surface area contributed by atoms with Gasteiger partial charge in [0.1, 0.15) is 0 Å². The molecule has 2 aliphatic heterocycles. The summed E-state index contributed by atoms with van der Waals surface area (Å²) < 4.78 is 5.89. The van der Waals surface area contributed by atoms with E-state index in [2.05, 4.69) is 47.1 Å². The summed E-state index contributed by atoms with van der Waals surface area (Å²) in [4.78, 5) is 1.41. The van der Waals surface area contributed by atoms with Gasteiger partial charge in [-0.2, -0.15) is 0 Å². The molecule has 0 aliphatic carbocycles. The van der Waals surface area contributed by atoms with Gasteiger partial charge in [0, 0.05) is 17.5 Å². The molecule has 4 rings (SSSR count). The Morgan fingerprint density at radius 2 is 2.05 bits per heavy atom. The molecule has 1 aromatic heterocycles. The van der Waals surface area contributed by atoms with Gasteiger partial charge in [0.25, 0.3) is 0 Å². The predicted octanol–water partition coefficient (Wildman–Crippen LogP) is 3.82. The molecule has 2 aliphatic rings. The van der Waals surface area contributed by atoms with Crippen LogP contribution in [0.5, 0.6) is 0 Å². The predicted molar refractivity (Wildman–Crippen MR) is 82.9 cm³/mol. The van der Waals surface area contributed by atoms with Crippen molar-refractivity contribution in [2.45, 2.75) is 44.1 Å². The van der Waals surface area contributed by atoms with Crippen molar-refractivity contribution in [3.05, 3.63) is 46.7 Å². The highest BCUT2D eigenvalue weighted by atomic mass is 32.1. The summed E-state index contributed by atoms with van der Waals surface area (Å²) in [5, 5.41) is 5.93. The smallest absolute Gasteiger partial charge is 0.0733 e. The van der Waals surface area contributed by atoms with Crippen LogP contribution in [-0.4, -0.2) is 18.2 Å². The van der Waals surface area contributed by atoms with Gasteiger partial charge in [0.2, 0.25) is 0 Å². The molecule has 0 radical (unpaired) electrons. The summed E-state index contributed by atoms with van der Waals surface area (Å²) in [6, 6.07) is 13.5. The molecule has 2 saturated heterocycles. The third-order valence-corrected chi connectivity index (χ3v) is 5.34. The monoisotopic (exact) mass is 285 g/mol. The Labute approximate surface area is 123 Å². The largest absolute Gasteiger partial charge is 0.373 e. The summed E-state index contributed by atoms with van der Waals surface area (Å²) >= 11 is 1.84. The number of rotatable bonds is 4. The second kappa shape index (κ2) is 5.32. The van der Waals surface area contributed by atoms with Gasteiger partial charge < -0.3 is 10.1 Å². The molecule has 2 bridgehead atoms. The summed E-state index contributed by atoms with van der Waals surface area (Å²) in [5.41, 5.74) is 2.63. The first-order chi connectivity index (χ1) is 9.88. The number of ether oxygens (including phenoxy) is 1. The van der Waals surface area contributed by atoms with Crippen LogP contribution in [0.1, 0.15) is 24.1 Å². The minimum Gasteiger partial charge on any atom is -0.373 e. The molecular formula is C17H19NOS. The zero-order valence-electron chi connectivity index (χ0n) is 11.4. The lowest BCUT2D eigenvalue weighted by Gasteiger charge is -2.19. The molecular weight excluding hydrogens is 266 g/mol. The van der Waals surface area contributed by atoms with E-state index in [1.165, 1.54) is 35.3 Å². The van der Waals surface area contributed by atoms with Crippen molar-refractivity contribution in [1.82, 2.24) is 5.32 Å². The molecule has 104 valence electrons. The molecule has 1 aromatic carbocycles. The van der Waals surface area contributed by atoms with Gasteiger partial charge in [-0.25, -0.2) is 0 Å². The van der Waals surface area contributed by atoms with Crippen LogP contribution in [0, 0.1) is 0 Å². The molecule has 2 aromatic rings. The maximum absolute atomic E-state index is 5.89. The van der Waals surface area contributed by atoms with E-state index in [-0.39, 0.29) is 0 Å². The van der Waals surface area contributed by atoms with Crippen molar-refractivity contribution < 1.29 is 4.74 Å². The topological polar surface area (TPSA) is 21.3 Å². The fraction of sp³-hybridized carbons (Fsp3) is 0.412. The van der Waals surface area contributed by atoms with Crippen LogP contribution in [0.3, 0.4) is 0 Å². The van der Waals surface area contributed by atoms with E-state index in [1.807, 2.05) is 11.3 Å².